The van der Waals surface area contributed by atoms with Gasteiger partial charge >= 0.3 is 0 Å². The van der Waals surface area contributed by atoms with Crippen LogP contribution in [0.1, 0.15) is 54.4 Å². The number of nitrogens with two attached hydrogens (primary N) is 1. The van der Waals surface area contributed by atoms with Crippen molar-refractivity contribution in [2.24, 2.45) is 0 Å². The van der Waals surface area contributed by atoms with Gasteiger partial charge in [-0.1, -0.05) is 30.6 Å². The number of halogens is 2. The number of methoxy groups -OCH3 is 1. The Balaban J connectivity index is 0.00000312. The van der Waals surface area contributed by atoms with Crippen molar-refractivity contribution >= 4 is 35.6 Å². The fourth-order valence-corrected chi connectivity index (χ4v) is 2.65. The highest BCUT2D eigenvalue weighted by Gasteiger charge is 2.17. The second-order valence-corrected chi connectivity index (χ2v) is 5.90. The molecule has 1 aromatic carbocycles. The summed E-state index contributed by atoms with van der Waals surface area (Å²) in [6.45, 7) is 4.46. The van der Waals surface area contributed by atoms with Gasteiger partial charge in [0.05, 0.1) is 35.6 Å². The predicted molar refractivity (Wildman–Crippen MR) is 101 cm³/mol. The van der Waals surface area contributed by atoms with Gasteiger partial charge in [-0.05, 0) is 18.9 Å². The van der Waals surface area contributed by atoms with E-state index in [1.165, 1.54) is 19.2 Å². The Morgan fingerprint density at radius 1 is 1.36 bits per heavy atom. The highest BCUT2D eigenvalue weighted by atomic mass is 35.5. The van der Waals surface area contributed by atoms with Crippen molar-refractivity contribution in [2.75, 3.05) is 12.8 Å². The largest absolute Gasteiger partial charge is 0.496 e. The van der Waals surface area contributed by atoms with Gasteiger partial charge in [0.25, 0.3) is 5.91 Å². The highest BCUT2D eigenvalue weighted by Crippen LogP contribution is 2.29. The molecule has 0 spiro atoms. The predicted octanol–water partition coefficient (Wildman–Crippen LogP) is 4.17. The van der Waals surface area contributed by atoms with E-state index in [4.69, 9.17) is 26.6 Å². The minimum absolute atomic E-state index is 0. The summed E-state index contributed by atoms with van der Waals surface area (Å²) >= 11 is 5.99. The summed E-state index contributed by atoms with van der Waals surface area (Å²) in [5.74, 6) is 1.01. The van der Waals surface area contributed by atoms with Gasteiger partial charge in [0.15, 0.2) is 5.76 Å². The lowest BCUT2D eigenvalue weighted by molar-refractivity contribution is 0.0944. The number of ether oxygens (including phenoxy) is 1. The zero-order chi connectivity index (χ0) is 17.7. The van der Waals surface area contributed by atoms with Crippen molar-refractivity contribution in [1.82, 2.24) is 10.5 Å². The summed E-state index contributed by atoms with van der Waals surface area (Å²) in [6.07, 6.45) is 1.99. The molecule has 0 aliphatic carbocycles. The molecular formula is C17H23Cl2N3O3. The number of hydrogen-bond acceptors (Lipinski definition) is 5. The van der Waals surface area contributed by atoms with Crippen LogP contribution < -0.4 is 15.8 Å². The Kier molecular flexibility index (Phi) is 8.06. The monoisotopic (exact) mass is 387 g/mol. The molecule has 3 N–H and O–H groups in total. The third-order valence-electron chi connectivity index (χ3n) is 3.97. The van der Waals surface area contributed by atoms with Crippen LogP contribution >= 0.6 is 24.0 Å². The second-order valence-electron chi connectivity index (χ2n) is 5.49. The fourth-order valence-electron chi connectivity index (χ4n) is 2.49. The molecule has 0 aliphatic heterocycles. The van der Waals surface area contributed by atoms with Crippen LogP contribution in [-0.4, -0.2) is 18.2 Å². The summed E-state index contributed by atoms with van der Waals surface area (Å²) in [6, 6.07) is 4.89. The molecule has 0 aliphatic rings. The summed E-state index contributed by atoms with van der Waals surface area (Å²) < 4.78 is 10.5. The number of carbonyl (C=O) groups is 1. The fraction of sp³-hybridized carbons (Fsp3) is 0.412. The Hall–Kier alpha value is -1.92. The summed E-state index contributed by atoms with van der Waals surface area (Å²) in [4.78, 5) is 12.4. The third-order valence-corrected chi connectivity index (χ3v) is 4.29. The first kappa shape index (κ1) is 21.1. The molecule has 6 nitrogen and oxygen atoms in total. The van der Waals surface area contributed by atoms with Crippen molar-refractivity contribution in [3.05, 3.63) is 40.2 Å². The number of hydrogen-bond donors (Lipinski definition) is 2. The van der Waals surface area contributed by atoms with Crippen LogP contribution in [0.4, 0.5) is 5.69 Å². The molecule has 1 heterocycles. The van der Waals surface area contributed by atoms with Crippen molar-refractivity contribution in [2.45, 2.75) is 39.2 Å². The topological polar surface area (TPSA) is 90.4 Å². The molecule has 25 heavy (non-hydrogen) atoms. The molecule has 8 heteroatoms. The van der Waals surface area contributed by atoms with E-state index in [1.54, 1.807) is 0 Å². The number of anilines is 1. The third kappa shape index (κ3) is 5.03. The first-order valence-corrected chi connectivity index (χ1v) is 8.24. The first-order valence-electron chi connectivity index (χ1n) is 7.86. The van der Waals surface area contributed by atoms with E-state index in [1.807, 2.05) is 6.07 Å². The molecule has 0 atom stereocenters. The molecular weight excluding hydrogens is 365 g/mol. The zero-order valence-corrected chi connectivity index (χ0v) is 16.0. The molecule has 1 amide bonds. The van der Waals surface area contributed by atoms with Crippen LogP contribution in [0.2, 0.25) is 5.02 Å². The van der Waals surface area contributed by atoms with Crippen LogP contribution in [0.5, 0.6) is 5.75 Å². The van der Waals surface area contributed by atoms with Crippen LogP contribution in [0.25, 0.3) is 0 Å². The quantitative estimate of drug-likeness (QED) is 0.695. The number of benzene rings is 1. The van der Waals surface area contributed by atoms with Crippen molar-refractivity contribution < 1.29 is 14.1 Å². The number of rotatable bonds is 7. The Morgan fingerprint density at radius 2 is 2.04 bits per heavy atom. The van der Waals surface area contributed by atoms with E-state index in [9.17, 15) is 4.79 Å². The number of nitrogen functional groups attached to an aromatic ring is 1. The molecule has 138 valence electrons. The van der Waals surface area contributed by atoms with Gasteiger partial charge in [0.2, 0.25) is 0 Å². The molecule has 0 bridgehead atoms. The minimum Gasteiger partial charge on any atom is -0.496 e. The van der Waals surface area contributed by atoms with Crippen molar-refractivity contribution in [3.8, 4) is 5.75 Å². The molecule has 2 rings (SSSR count). The van der Waals surface area contributed by atoms with Gasteiger partial charge in [0, 0.05) is 18.1 Å². The van der Waals surface area contributed by atoms with Gasteiger partial charge in [-0.15, -0.1) is 12.4 Å². The highest BCUT2D eigenvalue weighted by molar-refractivity contribution is 6.33. The zero-order valence-electron chi connectivity index (χ0n) is 14.5. The van der Waals surface area contributed by atoms with Gasteiger partial charge in [0.1, 0.15) is 5.75 Å². The van der Waals surface area contributed by atoms with E-state index in [-0.39, 0.29) is 24.9 Å². The van der Waals surface area contributed by atoms with Crippen LogP contribution in [0.15, 0.2) is 22.7 Å². The lowest BCUT2D eigenvalue weighted by Gasteiger charge is -2.10. The Morgan fingerprint density at radius 3 is 2.64 bits per heavy atom. The van der Waals surface area contributed by atoms with Crippen LogP contribution in [-0.2, 0) is 6.54 Å². The van der Waals surface area contributed by atoms with E-state index >= 15 is 0 Å². The van der Waals surface area contributed by atoms with Crippen molar-refractivity contribution in [3.63, 3.8) is 0 Å². The number of amides is 1. The van der Waals surface area contributed by atoms with Crippen molar-refractivity contribution in [1.29, 1.82) is 0 Å². The maximum atomic E-state index is 12.4. The minimum atomic E-state index is -0.325. The summed E-state index contributed by atoms with van der Waals surface area (Å²) in [5, 5.41) is 7.15. The molecule has 1 aromatic heterocycles. The lowest BCUT2D eigenvalue weighted by Crippen LogP contribution is -2.23. The number of nitrogens with one attached hydrogen (secondary N) is 1. The first-order chi connectivity index (χ1) is 11.5. The molecule has 2 aromatic rings. The van der Waals surface area contributed by atoms with Gasteiger partial charge in [-0.2, -0.15) is 0 Å². The smallest absolute Gasteiger partial charge is 0.255 e. The number of nitrogens with zero attached hydrogens (tertiary/aromatic N) is 1. The average Bonchev–Trinajstić information content (AvgIpc) is 3.04. The molecule has 0 saturated heterocycles. The summed E-state index contributed by atoms with van der Waals surface area (Å²) in [7, 11) is 1.47. The van der Waals surface area contributed by atoms with E-state index in [0.717, 1.165) is 18.5 Å². The van der Waals surface area contributed by atoms with Crippen LogP contribution in [0.3, 0.4) is 0 Å². The normalized spacial score (nSPS) is 10.4. The van der Waals surface area contributed by atoms with Gasteiger partial charge in [-0.25, -0.2) is 0 Å². The maximum Gasteiger partial charge on any atom is 0.255 e. The van der Waals surface area contributed by atoms with Crippen LogP contribution in [0, 0.1) is 0 Å². The lowest BCUT2D eigenvalue weighted by atomic mass is 9.99. The molecule has 0 fully saturated rings. The van der Waals surface area contributed by atoms with E-state index in [2.05, 4.69) is 24.3 Å². The molecule has 0 radical (unpaired) electrons. The number of carbonyl (C=O) groups excluding carboxylic acids is 1. The Labute approximate surface area is 158 Å². The molecule has 0 unspecified atom stereocenters. The van der Waals surface area contributed by atoms with E-state index < -0.39 is 0 Å². The van der Waals surface area contributed by atoms with Gasteiger partial charge < -0.3 is 20.3 Å². The maximum absolute atomic E-state index is 12.4. The number of aromatic nitrogens is 1. The SMILES string of the molecule is CCC(CC)c1cc(CNC(=O)c2cc(Cl)c(N)cc2OC)on1.Cl. The van der Waals surface area contributed by atoms with Gasteiger partial charge in [-0.3, -0.25) is 4.79 Å². The summed E-state index contributed by atoms with van der Waals surface area (Å²) in [5.41, 5.74) is 7.31. The second kappa shape index (κ2) is 9.53. The molecule has 0 saturated carbocycles. The average molecular weight is 388 g/mol. The van der Waals surface area contributed by atoms with E-state index in [0.29, 0.717) is 33.7 Å². The standard InChI is InChI=1S/C17H22ClN3O3.ClH/c1-4-10(5-2)15-6-11(24-21-15)9-20-17(22)12-7-13(18)14(19)8-16(12)23-3;/h6-8,10H,4-5,9,19H2,1-3H3,(H,20,22);1H. The Bertz CT molecular complexity index is 715.